The van der Waals surface area contributed by atoms with Crippen molar-refractivity contribution in [3.8, 4) is 6.01 Å². The van der Waals surface area contributed by atoms with Crippen LogP contribution >= 0.6 is 0 Å². The molecular weight excluding hydrogens is 152 g/mol. The van der Waals surface area contributed by atoms with Crippen LogP contribution in [0.3, 0.4) is 0 Å². The molecule has 64 valence electrons. The molecule has 1 heterocycles. The second-order valence-electron chi connectivity index (χ2n) is 2.53. The van der Waals surface area contributed by atoms with Crippen molar-refractivity contribution in [1.29, 1.82) is 0 Å². The Hall–Kier alpha value is -1.38. The largest absolute Gasteiger partial charge is 0.459 e. The van der Waals surface area contributed by atoms with Gasteiger partial charge in [-0.25, -0.2) is 9.97 Å². The topological polar surface area (TPSA) is 35.0 Å². The van der Waals surface area contributed by atoms with Gasteiger partial charge in [-0.05, 0) is 19.9 Å². The van der Waals surface area contributed by atoms with Crippen LogP contribution in [0.4, 0.5) is 0 Å². The molecule has 3 heteroatoms. The molecule has 0 aliphatic heterocycles. The minimum Gasteiger partial charge on any atom is -0.459 e. The van der Waals surface area contributed by atoms with E-state index in [4.69, 9.17) is 4.74 Å². The summed E-state index contributed by atoms with van der Waals surface area (Å²) in [5.74, 6) is 0. The van der Waals surface area contributed by atoms with Crippen LogP contribution in [0.1, 0.15) is 11.4 Å². The van der Waals surface area contributed by atoms with Gasteiger partial charge in [-0.2, -0.15) is 0 Å². The van der Waals surface area contributed by atoms with Gasteiger partial charge in [0, 0.05) is 11.4 Å². The van der Waals surface area contributed by atoms with Crippen molar-refractivity contribution in [3.05, 3.63) is 30.1 Å². The van der Waals surface area contributed by atoms with Gasteiger partial charge in [-0.3, -0.25) is 0 Å². The summed E-state index contributed by atoms with van der Waals surface area (Å²) in [5.41, 5.74) is 1.84. The van der Waals surface area contributed by atoms with Crippen molar-refractivity contribution >= 4 is 0 Å². The lowest BCUT2D eigenvalue weighted by atomic mass is 10.4. The summed E-state index contributed by atoms with van der Waals surface area (Å²) in [6.45, 7) is 7.81. The first-order chi connectivity index (χ1) is 5.72. The zero-order valence-electron chi connectivity index (χ0n) is 7.37. The summed E-state index contributed by atoms with van der Waals surface area (Å²) in [5, 5.41) is 0. The van der Waals surface area contributed by atoms with E-state index >= 15 is 0 Å². The molecule has 12 heavy (non-hydrogen) atoms. The van der Waals surface area contributed by atoms with E-state index in [-0.39, 0.29) is 0 Å². The quantitative estimate of drug-likeness (QED) is 0.637. The monoisotopic (exact) mass is 164 g/mol. The molecule has 0 amide bonds. The molecule has 3 nitrogen and oxygen atoms in total. The molecule has 0 aliphatic rings. The Bertz CT molecular complexity index is 264. The molecule has 0 radical (unpaired) electrons. The third-order valence-electron chi connectivity index (χ3n) is 1.29. The van der Waals surface area contributed by atoms with E-state index in [2.05, 4.69) is 16.5 Å². The van der Waals surface area contributed by atoms with Gasteiger partial charge in [0.05, 0.1) is 0 Å². The Balaban J connectivity index is 2.78. The summed E-state index contributed by atoms with van der Waals surface area (Å²) in [4.78, 5) is 8.18. The number of aryl methyl sites for hydroxylation is 2. The van der Waals surface area contributed by atoms with Crippen molar-refractivity contribution in [2.45, 2.75) is 13.8 Å². The maximum Gasteiger partial charge on any atom is 0.317 e. The average molecular weight is 164 g/mol. The summed E-state index contributed by atoms with van der Waals surface area (Å²) in [6.07, 6.45) is 1.67. The molecule has 1 aromatic rings. The molecule has 0 saturated carbocycles. The SMILES string of the molecule is C=CCOc1nc(C)cc(C)n1. The van der Waals surface area contributed by atoms with Crippen LogP contribution in [-0.2, 0) is 0 Å². The number of rotatable bonds is 3. The molecule has 1 aromatic heterocycles. The van der Waals surface area contributed by atoms with Gasteiger partial charge in [0.15, 0.2) is 0 Å². The van der Waals surface area contributed by atoms with Crippen LogP contribution in [0.25, 0.3) is 0 Å². The molecule has 0 aliphatic carbocycles. The lowest BCUT2D eigenvalue weighted by Crippen LogP contribution is -2.00. The van der Waals surface area contributed by atoms with Crippen molar-refractivity contribution in [1.82, 2.24) is 9.97 Å². The summed E-state index contributed by atoms with van der Waals surface area (Å²) >= 11 is 0. The number of nitrogens with zero attached hydrogens (tertiary/aromatic N) is 2. The molecule has 0 saturated heterocycles. The fourth-order valence-electron chi connectivity index (χ4n) is 0.892. The van der Waals surface area contributed by atoms with Crippen molar-refractivity contribution in [3.63, 3.8) is 0 Å². The Kier molecular flexibility index (Phi) is 2.80. The predicted molar refractivity (Wildman–Crippen MR) is 47.2 cm³/mol. The van der Waals surface area contributed by atoms with Crippen molar-refractivity contribution < 1.29 is 4.74 Å². The first-order valence-corrected chi connectivity index (χ1v) is 3.78. The minimum absolute atomic E-state index is 0.424. The zero-order chi connectivity index (χ0) is 8.97. The van der Waals surface area contributed by atoms with Gasteiger partial charge in [-0.15, -0.1) is 0 Å². The number of hydrogen-bond acceptors (Lipinski definition) is 3. The van der Waals surface area contributed by atoms with Gasteiger partial charge in [0.25, 0.3) is 0 Å². The number of aromatic nitrogens is 2. The molecule has 1 rings (SSSR count). The Labute approximate surface area is 72.1 Å². The first-order valence-electron chi connectivity index (χ1n) is 3.78. The fourth-order valence-corrected chi connectivity index (χ4v) is 0.892. The third kappa shape index (κ3) is 2.34. The van der Waals surface area contributed by atoms with E-state index in [9.17, 15) is 0 Å². The van der Waals surface area contributed by atoms with Gasteiger partial charge in [0.2, 0.25) is 0 Å². The highest BCUT2D eigenvalue weighted by atomic mass is 16.5. The first kappa shape index (κ1) is 8.71. The lowest BCUT2D eigenvalue weighted by molar-refractivity contribution is 0.331. The maximum absolute atomic E-state index is 5.18. The molecule has 0 spiro atoms. The van der Waals surface area contributed by atoms with Crippen LogP contribution in [0, 0.1) is 13.8 Å². The summed E-state index contributed by atoms with van der Waals surface area (Å²) in [6, 6.07) is 2.33. The van der Waals surface area contributed by atoms with Crippen LogP contribution in [0.15, 0.2) is 18.7 Å². The molecule has 0 bridgehead atoms. The molecule has 0 unspecified atom stereocenters. The van der Waals surface area contributed by atoms with Crippen LogP contribution in [0.2, 0.25) is 0 Å². The third-order valence-corrected chi connectivity index (χ3v) is 1.29. The van der Waals surface area contributed by atoms with Gasteiger partial charge in [0.1, 0.15) is 6.61 Å². The number of ether oxygens (including phenoxy) is 1. The van der Waals surface area contributed by atoms with E-state index < -0.39 is 0 Å². The lowest BCUT2D eigenvalue weighted by Gasteiger charge is -2.02. The minimum atomic E-state index is 0.424. The molecule has 0 aromatic carbocycles. The zero-order valence-corrected chi connectivity index (χ0v) is 7.37. The fraction of sp³-hybridized carbons (Fsp3) is 0.333. The van der Waals surface area contributed by atoms with Crippen LogP contribution in [-0.4, -0.2) is 16.6 Å². The summed E-state index contributed by atoms with van der Waals surface area (Å²) < 4.78 is 5.18. The molecular formula is C9H12N2O. The molecule has 0 atom stereocenters. The van der Waals surface area contributed by atoms with E-state index in [0.29, 0.717) is 12.6 Å². The van der Waals surface area contributed by atoms with Crippen molar-refractivity contribution in [2.24, 2.45) is 0 Å². The highest BCUT2D eigenvalue weighted by molar-refractivity contribution is 5.11. The Morgan fingerprint density at radius 3 is 2.50 bits per heavy atom. The standard InChI is InChI=1S/C9H12N2O/c1-4-5-12-9-10-7(2)6-8(3)11-9/h4,6H,1,5H2,2-3H3. The average Bonchev–Trinajstić information content (AvgIpc) is 1.99. The van der Waals surface area contributed by atoms with E-state index in [1.165, 1.54) is 0 Å². The van der Waals surface area contributed by atoms with Gasteiger partial charge < -0.3 is 4.74 Å². The highest BCUT2D eigenvalue weighted by Crippen LogP contribution is 2.05. The van der Waals surface area contributed by atoms with Crippen LogP contribution < -0.4 is 4.74 Å². The maximum atomic E-state index is 5.18. The predicted octanol–water partition coefficient (Wildman–Crippen LogP) is 1.66. The molecule has 0 N–H and O–H groups in total. The van der Waals surface area contributed by atoms with E-state index in [1.807, 2.05) is 19.9 Å². The highest BCUT2D eigenvalue weighted by Gasteiger charge is 1.97. The second kappa shape index (κ2) is 3.85. The Morgan fingerprint density at radius 1 is 1.42 bits per heavy atom. The van der Waals surface area contributed by atoms with E-state index in [1.54, 1.807) is 6.08 Å². The Morgan fingerprint density at radius 2 is 2.00 bits per heavy atom. The van der Waals surface area contributed by atoms with Gasteiger partial charge in [-0.1, -0.05) is 12.7 Å². The van der Waals surface area contributed by atoms with Crippen LogP contribution in [0.5, 0.6) is 6.01 Å². The van der Waals surface area contributed by atoms with E-state index in [0.717, 1.165) is 11.4 Å². The van der Waals surface area contributed by atoms with Gasteiger partial charge >= 0.3 is 6.01 Å². The van der Waals surface area contributed by atoms with Crippen molar-refractivity contribution in [2.75, 3.05) is 6.61 Å². The molecule has 0 fully saturated rings. The smallest absolute Gasteiger partial charge is 0.317 e. The number of hydrogen-bond donors (Lipinski definition) is 0. The summed E-state index contributed by atoms with van der Waals surface area (Å²) in [7, 11) is 0. The normalized spacial score (nSPS) is 9.50. The second-order valence-corrected chi connectivity index (χ2v) is 2.53.